The number of nitrogens with one attached hydrogen (secondary N) is 2. The second-order valence-electron chi connectivity index (χ2n) is 27.1. The molecular formula is C66H93Br2FN4O6P2. The van der Waals surface area contributed by atoms with Gasteiger partial charge in [-0.1, -0.05) is 0 Å². The van der Waals surface area contributed by atoms with Crippen molar-refractivity contribution in [2.45, 2.75) is 171 Å². The third-order valence-corrected chi connectivity index (χ3v) is 35.2. The van der Waals surface area contributed by atoms with Crippen molar-refractivity contribution in [1.29, 1.82) is 0 Å². The van der Waals surface area contributed by atoms with Crippen LogP contribution in [0.15, 0.2) is 140 Å². The fourth-order valence-electron chi connectivity index (χ4n) is 11.6. The van der Waals surface area contributed by atoms with Gasteiger partial charge in [0.05, 0.1) is 0 Å². The summed E-state index contributed by atoms with van der Waals surface area (Å²) < 4.78 is 28.7. The summed E-state index contributed by atoms with van der Waals surface area (Å²) in [4.78, 5) is 62.1. The molecule has 2 unspecified atom stereocenters. The predicted octanol–water partition coefficient (Wildman–Crippen LogP) is 15.4. The number of hydrogen-bond donors (Lipinski definition) is 2. The van der Waals surface area contributed by atoms with Crippen LogP contribution in [-0.4, -0.2) is 82.7 Å². The molecule has 0 saturated heterocycles. The molecule has 0 aliphatic heterocycles. The van der Waals surface area contributed by atoms with E-state index in [4.69, 9.17) is 40.5 Å². The van der Waals surface area contributed by atoms with Crippen LogP contribution in [-0.2, 0) is 31.4 Å². The normalized spacial score (nSPS) is 15.2. The van der Waals surface area contributed by atoms with Gasteiger partial charge in [-0.25, -0.2) is 0 Å². The number of carbonyl (C=O) groups is 4. The van der Waals surface area contributed by atoms with Crippen LogP contribution < -0.4 is 31.9 Å². The fraction of sp³-hybridized carbons (Fsp3) is 0.485. The molecule has 444 valence electrons. The number of likely N-dealkylation sites (N-methyl/N-ethyl adjacent to an activating group) is 2. The quantitative estimate of drug-likeness (QED) is 0.0750. The summed E-state index contributed by atoms with van der Waals surface area (Å²) in [6, 6.07) is 44.2. The molecule has 0 bridgehead atoms. The van der Waals surface area contributed by atoms with Gasteiger partial charge in [0.25, 0.3) is 0 Å². The van der Waals surface area contributed by atoms with Crippen LogP contribution in [0.5, 0.6) is 0 Å². The fourth-order valence-corrected chi connectivity index (χ4v) is 28.6. The standard InChI is InChI=1S/C66H93Br2FN4O6P2/c1-46(2)41-55(70-59(74)57(63(5,6)7)72(17)61(76)78-65(11,12)13)80(67,51-31-23-19-24-32-51,52-33-25-20-26-34-52)44-48-39-40-50(69)43-49(48)45-81(68,53-35-27-21-28-36-53,54-37-29-22-30-38-54)56(42-47(3)4)71-60(75)58(64(8,9)10)73(18)62(77)79-66(14,15)16/h19-40,43,46-47,55-58H,41-42,44-45H2,1-18H3,(H,70,74)(H,71,75)/t55?,56?,57-,58-/m1/s1. The summed E-state index contributed by atoms with van der Waals surface area (Å²) in [5.74, 6) is -2.25. The van der Waals surface area contributed by atoms with Crippen LogP contribution in [0.1, 0.15) is 135 Å². The first-order chi connectivity index (χ1) is 37.3. The number of amides is 4. The van der Waals surface area contributed by atoms with Crippen LogP contribution in [0, 0.1) is 28.5 Å². The van der Waals surface area contributed by atoms with Gasteiger partial charge in [0, 0.05) is 0 Å². The van der Waals surface area contributed by atoms with E-state index in [1.807, 2.05) is 120 Å². The van der Waals surface area contributed by atoms with Gasteiger partial charge in [0.2, 0.25) is 0 Å². The number of hydrogen-bond acceptors (Lipinski definition) is 6. The summed E-state index contributed by atoms with van der Waals surface area (Å²) >= 11 is 9.58. The summed E-state index contributed by atoms with van der Waals surface area (Å²) in [7, 11) is 3.24. The Morgan fingerprint density at radius 2 is 0.765 bits per heavy atom. The van der Waals surface area contributed by atoms with Crippen molar-refractivity contribution in [2.75, 3.05) is 14.1 Å². The van der Waals surface area contributed by atoms with E-state index in [1.165, 1.54) is 15.9 Å². The Balaban J connectivity index is 1.91. The van der Waals surface area contributed by atoms with E-state index in [-0.39, 0.29) is 29.8 Å². The van der Waals surface area contributed by atoms with Crippen LogP contribution in [0.3, 0.4) is 0 Å². The van der Waals surface area contributed by atoms with E-state index < -0.39 is 74.3 Å². The predicted molar refractivity (Wildman–Crippen MR) is 347 cm³/mol. The van der Waals surface area contributed by atoms with Gasteiger partial charge >= 0.3 is 504 Å². The van der Waals surface area contributed by atoms with Gasteiger partial charge < -0.3 is 0 Å². The van der Waals surface area contributed by atoms with E-state index in [2.05, 4.69) is 86.9 Å². The van der Waals surface area contributed by atoms with Crippen molar-refractivity contribution in [2.24, 2.45) is 22.7 Å². The summed E-state index contributed by atoms with van der Waals surface area (Å²) in [5, 5.41) is 2.77. The van der Waals surface area contributed by atoms with Crippen molar-refractivity contribution in [3.63, 3.8) is 0 Å². The average molecular weight is 1280 g/mol. The zero-order valence-electron chi connectivity index (χ0n) is 51.4. The Morgan fingerprint density at radius 3 is 1.02 bits per heavy atom. The number of benzene rings is 5. The molecular weight excluding hydrogens is 1190 g/mol. The molecule has 4 amide bonds. The summed E-state index contributed by atoms with van der Waals surface area (Å²) in [5.41, 5.74) is -1.54. The van der Waals surface area contributed by atoms with Gasteiger partial charge in [-0.2, -0.15) is 0 Å². The Bertz CT molecular complexity index is 2860. The van der Waals surface area contributed by atoms with Gasteiger partial charge in [-0.3, -0.25) is 0 Å². The van der Waals surface area contributed by atoms with E-state index in [9.17, 15) is 9.59 Å². The molecule has 0 radical (unpaired) electrons. The van der Waals surface area contributed by atoms with Gasteiger partial charge in [-0.05, 0) is 0 Å². The molecule has 4 atom stereocenters. The Hall–Kier alpha value is -4.67. The molecule has 0 aliphatic carbocycles. The molecule has 81 heavy (non-hydrogen) atoms. The number of rotatable bonds is 20. The van der Waals surface area contributed by atoms with Crippen LogP contribution in [0.25, 0.3) is 0 Å². The monoisotopic (exact) mass is 1280 g/mol. The van der Waals surface area contributed by atoms with E-state index in [1.54, 1.807) is 61.7 Å². The van der Waals surface area contributed by atoms with Gasteiger partial charge in [0.15, 0.2) is 0 Å². The van der Waals surface area contributed by atoms with Gasteiger partial charge in [0.1, 0.15) is 0 Å². The molecule has 5 aromatic rings. The van der Waals surface area contributed by atoms with Crippen molar-refractivity contribution < 1.29 is 33.0 Å². The topological polar surface area (TPSA) is 117 Å². The third kappa shape index (κ3) is 15.4. The first kappa shape index (κ1) is 67.1. The number of nitrogens with zero attached hydrogens (tertiary/aromatic N) is 2. The van der Waals surface area contributed by atoms with Crippen molar-refractivity contribution in [3.8, 4) is 0 Å². The third-order valence-electron chi connectivity index (χ3n) is 15.0. The molecule has 10 nitrogen and oxygen atoms in total. The van der Waals surface area contributed by atoms with E-state index in [0.29, 0.717) is 24.6 Å². The average Bonchev–Trinajstić information content (AvgIpc) is 3.48. The Morgan fingerprint density at radius 1 is 0.481 bits per heavy atom. The molecule has 0 heterocycles. The maximum absolute atomic E-state index is 16.9. The molecule has 2 N–H and O–H groups in total. The zero-order valence-corrected chi connectivity index (χ0v) is 56.4. The summed E-state index contributed by atoms with van der Waals surface area (Å²) in [6.07, 6.45) is 0.338. The molecule has 0 fully saturated rings. The van der Waals surface area contributed by atoms with Crippen LogP contribution in [0.2, 0.25) is 0 Å². The number of carbonyl (C=O) groups excluding carboxylic acids is 4. The SMILES string of the molecule is CC(C)CC(NC(=O)[C@@H](N(C)C(=O)OC(C)(C)C)C(C)(C)C)P(Br)(Cc1ccc(F)cc1CP(Br)(c1ccccc1)(c1ccccc1)C(CC(C)C)NC(=O)[C@@H](N(C)C(=O)OC(C)(C)C)C(C)(C)C)(c1ccccc1)c1ccccc1. The molecule has 15 heteroatoms. The molecule has 0 spiro atoms. The first-order valence-corrected chi connectivity index (χ1v) is 37.3. The van der Waals surface area contributed by atoms with E-state index in [0.717, 1.165) is 26.8 Å². The molecule has 5 rings (SSSR count). The van der Waals surface area contributed by atoms with Crippen molar-refractivity contribution in [3.05, 3.63) is 156 Å². The zero-order chi connectivity index (χ0) is 60.8. The number of ether oxygens (including phenoxy) is 2. The molecule has 0 aliphatic rings. The molecule has 5 aromatic carbocycles. The summed E-state index contributed by atoms with van der Waals surface area (Å²) in [6.45, 7) is 31.1. The minimum atomic E-state index is -4.21. The van der Waals surface area contributed by atoms with Gasteiger partial charge in [-0.15, -0.1) is 0 Å². The molecule has 0 saturated carbocycles. The maximum atomic E-state index is 16.9. The van der Waals surface area contributed by atoms with Crippen molar-refractivity contribution >= 4 is 86.8 Å². The Labute approximate surface area is 501 Å². The second-order valence-corrected chi connectivity index (χ2v) is 45.8. The first-order valence-electron chi connectivity index (χ1n) is 28.3. The van der Waals surface area contributed by atoms with Crippen molar-refractivity contribution in [1.82, 2.24) is 20.4 Å². The van der Waals surface area contributed by atoms with E-state index >= 15 is 14.0 Å². The van der Waals surface area contributed by atoms with Crippen LogP contribution >= 0.6 is 41.6 Å². The number of halogens is 3. The molecule has 0 aromatic heterocycles. The van der Waals surface area contributed by atoms with Crippen LogP contribution in [0.4, 0.5) is 14.0 Å². The second kappa shape index (κ2) is 25.7. The minimum absolute atomic E-state index is 0.0405. The Kier molecular flexibility index (Phi) is 21.3.